The molecule has 21 heavy (non-hydrogen) atoms. The highest BCUT2D eigenvalue weighted by molar-refractivity contribution is 5.18. The fourth-order valence-electron chi connectivity index (χ4n) is 2.03. The lowest BCUT2D eigenvalue weighted by molar-refractivity contribution is 0.257. The number of benzene rings is 1. The van der Waals surface area contributed by atoms with E-state index in [0.717, 1.165) is 12.5 Å². The van der Waals surface area contributed by atoms with Gasteiger partial charge in [0.05, 0.1) is 6.54 Å². The number of hydrogen-bond donors (Lipinski definition) is 0. The first-order valence-corrected chi connectivity index (χ1v) is 6.88. The molecule has 0 amide bonds. The second kappa shape index (κ2) is 6.76. The molecule has 0 atom stereocenters. The molecule has 1 aromatic heterocycles. The summed E-state index contributed by atoms with van der Waals surface area (Å²) >= 11 is 0. The minimum absolute atomic E-state index is 0.341. The van der Waals surface area contributed by atoms with Crippen molar-refractivity contribution >= 4 is 0 Å². The van der Waals surface area contributed by atoms with E-state index in [9.17, 15) is 8.78 Å². The van der Waals surface area contributed by atoms with E-state index >= 15 is 0 Å². The Kier molecular flexibility index (Phi) is 5.01. The molecule has 0 saturated heterocycles. The van der Waals surface area contributed by atoms with Crippen LogP contribution in [0.25, 0.3) is 0 Å². The molecule has 0 unspecified atom stereocenters. The molecule has 0 saturated carbocycles. The summed E-state index contributed by atoms with van der Waals surface area (Å²) in [6.45, 7) is 4.93. The number of halogens is 2. The fraction of sp³-hybridized carbons (Fsp3) is 0.467. The van der Waals surface area contributed by atoms with Gasteiger partial charge in [0.25, 0.3) is 0 Å². The van der Waals surface area contributed by atoms with Gasteiger partial charge in [0, 0.05) is 24.6 Å². The molecule has 2 rings (SSSR count). The normalized spacial score (nSPS) is 11.6. The minimum atomic E-state index is -0.575. The fourth-order valence-corrected chi connectivity index (χ4v) is 2.03. The van der Waals surface area contributed by atoms with E-state index in [0.29, 0.717) is 36.3 Å². The lowest BCUT2D eigenvalue weighted by atomic mass is 10.1. The van der Waals surface area contributed by atoms with Crippen LogP contribution in [0.1, 0.15) is 31.1 Å². The minimum Gasteiger partial charge on any atom is -0.338 e. The van der Waals surface area contributed by atoms with E-state index in [-0.39, 0.29) is 0 Å². The summed E-state index contributed by atoms with van der Waals surface area (Å²) in [5.41, 5.74) is 0.431. The van der Waals surface area contributed by atoms with Gasteiger partial charge in [-0.25, -0.2) is 8.78 Å². The van der Waals surface area contributed by atoms with E-state index in [4.69, 9.17) is 4.52 Å². The third-order valence-corrected chi connectivity index (χ3v) is 2.96. The van der Waals surface area contributed by atoms with Gasteiger partial charge in [-0.15, -0.1) is 0 Å². The second-order valence-corrected chi connectivity index (χ2v) is 5.61. The van der Waals surface area contributed by atoms with Crippen LogP contribution in [-0.2, 0) is 19.5 Å². The smallest absolute Gasteiger partial charge is 0.240 e. The standard InChI is InChI=1S/C15H19F2N3O/c1-10(2)6-14-18-15(21-19-14)9-20(3)8-11-4-5-12(16)7-13(11)17/h4-5,7,10H,6,8-9H2,1-3H3. The first-order valence-electron chi connectivity index (χ1n) is 6.88. The van der Waals surface area contributed by atoms with E-state index in [2.05, 4.69) is 24.0 Å². The van der Waals surface area contributed by atoms with Gasteiger partial charge in [-0.2, -0.15) is 4.98 Å². The molecule has 2 aromatic rings. The van der Waals surface area contributed by atoms with Gasteiger partial charge in [0.2, 0.25) is 5.89 Å². The summed E-state index contributed by atoms with van der Waals surface area (Å²) in [6, 6.07) is 3.58. The molecular formula is C15H19F2N3O. The van der Waals surface area contributed by atoms with Crippen molar-refractivity contribution in [1.29, 1.82) is 0 Å². The molecule has 0 fully saturated rings. The molecule has 0 N–H and O–H groups in total. The summed E-state index contributed by atoms with van der Waals surface area (Å²) in [4.78, 5) is 6.13. The van der Waals surface area contributed by atoms with Crippen LogP contribution in [-0.4, -0.2) is 22.1 Å². The lowest BCUT2D eigenvalue weighted by Gasteiger charge is -2.14. The molecule has 0 radical (unpaired) electrons. The van der Waals surface area contributed by atoms with Crippen LogP contribution >= 0.6 is 0 Å². The van der Waals surface area contributed by atoms with E-state index < -0.39 is 11.6 Å². The molecule has 6 heteroatoms. The molecule has 4 nitrogen and oxygen atoms in total. The van der Waals surface area contributed by atoms with Crippen molar-refractivity contribution in [1.82, 2.24) is 15.0 Å². The number of nitrogens with zero attached hydrogens (tertiary/aromatic N) is 3. The predicted octanol–water partition coefficient (Wildman–Crippen LogP) is 3.18. The van der Waals surface area contributed by atoms with Crippen molar-refractivity contribution in [3.63, 3.8) is 0 Å². The first kappa shape index (κ1) is 15.6. The number of aromatic nitrogens is 2. The maximum Gasteiger partial charge on any atom is 0.240 e. The van der Waals surface area contributed by atoms with Gasteiger partial charge in [-0.1, -0.05) is 25.1 Å². The first-order chi connectivity index (χ1) is 9.94. The Hall–Kier alpha value is -1.82. The predicted molar refractivity (Wildman–Crippen MR) is 74.4 cm³/mol. The van der Waals surface area contributed by atoms with Gasteiger partial charge in [-0.3, -0.25) is 4.90 Å². The largest absolute Gasteiger partial charge is 0.338 e. The van der Waals surface area contributed by atoms with E-state index in [1.807, 2.05) is 11.9 Å². The van der Waals surface area contributed by atoms with Crippen molar-refractivity contribution in [3.8, 4) is 0 Å². The highest BCUT2D eigenvalue weighted by Gasteiger charge is 2.12. The van der Waals surface area contributed by atoms with Gasteiger partial charge >= 0.3 is 0 Å². The van der Waals surface area contributed by atoms with Crippen molar-refractivity contribution in [2.45, 2.75) is 33.4 Å². The van der Waals surface area contributed by atoms with Gasteiger partial charge in [0.15, 0.2) is 5.82 Å². The summed E-state index contributed by atoms with van der Waals surface area (Å²) in [7, 11) is 1.81. The van der Waals surface area contributed by atoms with Gasteiger partial charge in [0.1, 0.15) is 11.6 Å². The number of rotatable bonds is 6. The Morgan fingerprint density at radius 3 is 2.67 bits per heavy atom. The summed E-state index contributed by atoms with van der Waals surface area (Å²) in [5.74, 6) is 0.514. The molecule has 114 valence electrons. The average molecular weight is 295 g/mol. The Labute approximate surface area is 122 Å². The monoisotopic (exact) mass is 295 g/mol. The Morgan fingerprint density at radius 2 is 2.00 bits per heavy atom. The molecule has 0 bridgehead atoms. The van der Waals surface area contributed by atoms with Crippen LogP contribution in [0.15, 0.2) is 22.7 Å². The quantitative estimate of drug-likeness (QED) is 0.821. The summed E-state index contributed by atoms with van der Waals surface area (Å²) < 4.78 is 31.6. The topological polar surface area (TPSA) is 42.2 Å². The van der Waals surface area contributed by atoms with Crippen molar-refractivity contribution in [3.05, 3.63) is 47.1 Å². The van der Waals surface area contributed by atoms with Crippen LogP contribution < -0.4 is 0 Å². The third kappa shape index (κ3) is 4.60. The van der Waals surface area contributed by atoms with Crippen LogP contribution in [0.4, 0.5) is 8.78 Å². The van der Waals surface area contributed by atoms with Crippen LogP contribution in [0.5, 0.6) is 0 Å². The zero-order valence-corrected chi connectivity index (χ0v) is 12.4. The molecule has 1 aromatic carbocycles. The van der Waals surface area contributed by atoms with Gasteiger partial charge in [-0.05, 0) is 19.0 Å². The molecule has 1 heterocycles. The maximum absolute atomic E-state index is 13.6. The van der Waals surface area contributed by atoms with Crippen molar-refractivity contribution < 1.29 is 13.3 Å². The summed E-state index contributed by atoms with van der Waals surface area (Å²) in [5, 5.41) is 3.91. The average Bonchev–Trinajstić information content (AvgIpc) is 2.79. The Morgan fingerprint density at radius 1 is 1.24 bits per heavy atom. The van der Waals surface area contributed by atoms with Gasteiger partial charge < -0.3 is 4.52 Å². The van der Waals surface area contributed by atoms with Crippen molar-refractivity contribution in [2.75, 3.05) is 7.05 Å². The van der Waals surface area contributed by atoms with Crippen LogP contribution in [0.2, 0.25) is 0 Å². The number of hydrogen-bond acceptors (Lipinski definition) is 4. The van der Waals surface area contributed by atoms with Crippen LogP contribution in [0, 0.1) is 17.6 Å². The highest BCUT2D eigenvalue weighted by Crippen LogP contribution is 2.13. The zero-order chi connectivity index (χ0) is 15.4. The maximum atomic E-state index is 13.6. The molecule has 0 aliphatic heterocycles. The summed E-state index contributed by atoms with van der Waals surface area (Å²) in [6.07, 6.45) is 0.764. The Balaban J connectivity index is 1.95. The lowest BCUT2D eigenvalue weighted by Crippen LogP contribution is -2.18. The Bertz CT molecular complexity index is 598. The molecular weight excluding hydrogens is 276 g/mol. The van der Waals surface area contributed by atoms with E-state index in [1.165, 1.54) is 12.1 Å². The second-order valence-electron chi connectivity index (χ2n) is 5.61. The SMILES string of the molecule is CC(C)Cc1noc(CN(C)Cc2ccc(F)cc2F)n1. The van der Waals surface area contributed by atoms with E-state index in [1.54, 1.807) is 0 Å². The molecule has 0 aliphatic rings. The van der Waals surface area contributed by atoms with Crippen LogP contribution in [0.3, 0.4) is 0 Å². The van der Waals surface area contributed by atoms with Crippen molar-refractivity contribution in [2.24, 2.45) is 5.92 Å². The molecule has 0 aliphatic carbocycles. The molecule has 0 spiro atoms. The third-order valence-electron chi connectivity index (χ3n) is 2.96. The zero-order valence-electron chi connectivity index (χ0n) is 12.4. The highest BCUT2D eigenvalue weighted by atomic mass is 19.1.